The summed E-state index contributed by atoms with van der Waals surface area (Å²) in [5.74, 6) is 0. The van der Waals surface area contributed by atoms with Crippen molar-refractivity contribution in [3.05, 3.63) is 47.5 Å². The molecule has 0 saturated carbocycles. The predicted molar refractivity (Wildman–Crippen MR) is 82.0 cm³/mol. The van der Waals surface area contributed by atoms with E-state index in [1.54, 1.807) is 6.33 Å². The number of piperazine rings is 1. The molecule has 2 aromatic rings. The second-order valence-electron chi connectivity index (χ2n) is 5.57. The first kappa shape index (κ1) is 13.2. The van der Waals surface area contributed by atoms with Gasteiger partial charge in [0.15, 0.2) is 0 Å². The van der Waals surface area contributed by atoms with Crippen molar-refractivity contribution in [2.24, 2.45) is 0 Å². The van der Waals surface area contributed by atoms with Crippen molar-refractivity contribution in [2.45, 2.75) is 20.4 Å². The van der Waals surface area contributed by atoms with Crippen molar-refractivity contribution in [2.75, 3.05) is 31.1 Å². The van der Waals surface area contributed by atoms with Gasteiger partial charge in [0, 0.05) is 44.1 Å². The van der Waals surface area contributed by atoms with Crippen LogP contribution >= 0.6 is 0 Å². The largest absolute Gasteiger partial charge is 0.369 e. The Morgan fingerprint density at radius 2 is 1.75 bits per heavy atom. The second kappa shape index (κ2) is 5.67. The Labute approximate surface area is 120 Å². The Kier molecular flexibility index (Phi) is 3.74. The minimum absolute atomic E-state index is 0.955. The summed E-state index contributed by atoms with van der Waals surface area (Å²) in [6, 6.07) is 8.83. The van der Waals surface area contributed by atoms with E-state index in [1.165, 1.54) is 22.6 Å². The molecule has 1 aromatic carbocycles. The number of hydrogen-bond acceptors (Lipinski definition) is 3. The third kappa shape index (κ3) is 2.85. The van der Waals surface area contributed by atoms with Crippen molar-refractivity contribution >= 4 is 5.69 Å². The van der Waals surface area contributed by atoms with Gasteiger partial charge in [-0.05, 0) is 26.0 Å². The van der Waals surface area contributed by atoms with E-state index in [1.807, 2.05) is 0 Å². The third-order valence-electron chi connectivity index (χ3n) is 4.08. The molecule has 4 heteroatoms. The molecule has 0 aliphatic carbocycles. The van der Waals surface area contributed by atoms with Gasteiger partial charge in [-0.2, -0.15) is 0 Å². The molecular formula is C16H22N4. The summed E-state index contributed by atoms with van der Waals surface area (Å²) >= 11 is 0. The minimum Gasteiger partial charge on any atom is -0.369 e. The predicted octanol–water partition coefficient (Wildman–Crippen LogP) is 2.35. The molecular weight excluding hydrogens is 248 g/mol. The van der Waals surface area contributed by atoms with Crippen LogP contribution in [0.15, 0.2) is 30.6 Å². The Balaban J connectivity index is 1.57. The number of aromatic amines is 1. The van der Waals surface area contributed by atoms with Crippen molar-refractivity contribution in [1.29, 1.82) is 0 Å². The first-order valence-electron chi connectivity index (χ1n) is 7.25. The lowest BCUT2D eigenvalue weighted by molar-refractivity contribution is 0.247. The molecule has 1 aromatic heterocycles. The maximum absolute atomic E-state index is 4.39. The van der Waals surface area contributed by atoms with E-state index in [0.29, 0.717) is 0 Å². The van der Waals surface area contributed by atoms with Crippen LogP contribution in [-0.2, 0) is 6.54 Å². The summed E-state index contributed by atoms with van der Waals surface area (Å²) in [6.45, 7) is 9.55. The average Bonchev–Trinajstić information content (AvgIpc) is 2.86. The molecule has 0 atom stereocenters. The number of nitrogens with zero attached hydrogens (tertiary/aromatic N) is 3. The number of imidazole rings is 1. The third-order valence-corrected chi connectivity index (χ3v) is 4.08. The highest BCUT2D eigenvalue weighted by Crippen LogP contribution is 2.18. The molecule has 1 saturated heterocycles. The van der Waals surface area contributed by atoms with Gasteiger partial charge in [0.05, 0.1) is 12.0 Å². The van der Waals surface area contributed by atoms with Gasteiger partial charge < -0.3 is 9.88 Å². The zero-order valence-corrected chi connectivity index (χ0v) is 12.3. The van der Waals surface area contributed by atoms with E-state index in [-0.39, 0.29) is 0 Å². The molecule has 0 spiro atoms. The van der Waals surface area contributed by atoms with Crippen LogP contribution < -0.4 is 4.90 Å². The standard InChI is InChI=1S/C16H22N4/c1-13-3-5-15(6-4-13)20-9-7-19(8-10-20)11-16-14(2)17-12-18-16/h3-6,12H,7-11H2,1-2H3,(H,17,18). The van der Waals surface area contributed by atoms with Crippen LogP contribution in [0.5, 0.6) is 0 Å². The summed E-state index contributed by atoms with van der Waals surface area (Å²) in [7, 11) is 0. The molecule has 0 unspecified atom stereocenters. The first-order chi connectivity index (χ1) is 9.72. The van der Waals surface area contributed by atoms with Crippen LogP contribution in [0.4, 0.5) is 5.69 Å². The Morgan fingerprint density at radius 3 is 2.35 bits per heavy atom. The Bertz CT molecular complexity index is 550. The minimum atomic E-state index is 0.955. The number of benzene rings is 1. The van der Waals surface area contributed by atoms with Gasteiger partial charge in [-0.1, -0.05) is 17.7 Å². The van der Waals surface area contributed by atoms with Crippen LogP contribution in [0, 0.1) is 13.8 Å². The fourth-order valence-corrected chi connectivity index (χ4v) is 2.68. The molecule has 1 aliphatic rings. The van der Waals surface area contributed by atoms with Crippen molar-refractivity contribution in [3.63, 3.8) is 0 Å². The number of nitrogens with one attached hydrogen (secondary N) is 1. The number of aryl methyl sites for hydroxylation is 2. The van der Waals surface area contributed by atoms with E-state index in [0.717, 1.165) is 32.7 Å². The zero-order chi connectivity index (χ0) is 13.9. The molecule has 20 heavy (non-hydrogen) atoms. The highest BCUT2D eigenvalue weighted by molar-refractivity contribution is 5.47. The molecule has 1 N–H and O–H groups in total. The van der Waals surface area contributed by atoms with Crippen LogP contribution in [0.1, 0.15) is 17.0 Å². The number of hydrogen-bond donors (Lipinski definition) is 1. The lowest BCUT2D eigenvalue weighted by Gasteiger charge is -2.36. The average molecular weight is 270 g/mol. The van der Waals surface area contributed by atoms with E-state index in [4.69, 9.17) is 0 Å². The summed E-state index contributed by atoms with van der Waals surface area (Å²) in [5.41, 5.74) is 5.02. The summed E-state index contributed by atoms with van der Waals surface area (Å²) in [6.07, 6.45) is 1.78. The summed E-state index contributed by atoms with van der Waals surface area (Å²) in [4.78, 5) is 12.5. The smallest absolute Gasteiger partial charge is 0.0925 e. The number of anilines is 1. The van der Waals surface area contributed by atoms with Gasteiger partial charge in [-0.3, -0.25) is 4.90 Å². The van der Waals surface area contributed by atoms with Crippen LogP contribution in [0.25, 0.3) is 0 Å². The molecule has 3 rings (SSSR count). The van der Waals surface area contributed by atoms with E-state index >= 15 is 0 Å². The summed E-state index contributed by atoms with van der Waals surface area (Å²) < 4.78 is 0. The molecule has 1 fully saturated rings. The molecule has 0 radical (unpaired) electrons. The Morgan fingerprint density at radius 1 is 1.05 bits per heavy atom. The molecule has 2 heterocycles. The highest BCUT2D eigenvalue weighted by atomic mass is 15.3. The Hall–Kier alpha value is -1.81. The quantitative estimate of drug-likeness (QED) is 0.930. The van der Waals surface area contributed by atoms with Crippen LogP contribution in [0.2, 0.25) is 0 Å². The zero-order valence-electron chi connectivity index (χ0n) is 12.3. The number of aromatic nitrogens is 2. The maximum atomic E-state index is 4.39. The van der Waals surface area contributed by atoms with Gasteiger partial charge in [0.2, 0.25) is 0 Å². The van der Waals surface area contributed by atoms with E-state index < -0.39 is 0 Å². The van der Waals surface area contributed by atoms with E-state index in [9.17, 15) is 0 Å². The second-order valence-corrected chi connectivity index (χ2v) is 5.57. The molecule has 4 nitrogen and oxygen atoms in total. The van der Waals surface area contributed by atoms with Gasteiger partial charge >= 0.3 is 0 Å². The lowest BCUT2D eigenvalue weighted by atomic mass is 10.2. The van der Waals surface area contributed by atoms with Crippen molar-refractivity contribution in [3.8, 4) is 0 Å². The van der Waals surface area contributed by atoms with Crippen LogP contribution in [0.3, 0.4) is 0 Å². The molecule has 0 bridgehead atoms. The lowest BCUT2D eigenvalue weighted by Crippen LogP contribution is -2.46. The SMILES string of the molecule is Cc1ccc(N2CCN(Cc3nc[nH]c3C)CC2)cc1. The van der Waals surface area contributed by atoms with Crippen molar-refractivity contribution < 1.29 is 0 Å². The monoisotopic (exact) mass is 270 g/mol. The first-order valence-corrected chi connectivity index (χ1v) is 7.25. The normalized spacial score (nSPS) is 16.6. The van der Waals surface area contributed by atoms with Gasteiger partial charge in [-0.15, -0.1) is 0 Å². The van der Waals surface area contributed by atoms with Gasteiger partial charge in [-0.25, -0.2) is 4.98 Å². The van der Waals surface area contributed by atoms with Crippen molar-refractivity contribution in [1.82, 2.24) is 14.9 Å². The fourth-order valence-electron chi connectivity index (χ4n) is 2.68. The van der Waals surface area contributed by atoms with E-state index in [2.05, 4.69) is 57.9 Å². The van der Waals surface area contributed by atoms with Gasteiger partial charge in [0.1, 0.15) is 0 Å². The maximum Gasteiger partial charge on any atom is 0.0925 e. The molecule has 1 aliphatic heterocycles. The van der Waals surface area contributed by atoms with Crippen LogP contribution in [-0.4, -0.2) is 41.0 Å². The fraction of sp³-hybridized carbons (Fsp3) is 0.438. The summed E-state index contributed by atoms with van der Waals surface area (Å²) in [5, 5.41) is 0. The van der Waals surface area contributed by atoms with Gasteiger partial charge in [0.25, 0.3) is 0 Å². The molecule has 0 amide bonds. The number of rotatable bonds is 3. The number of H-pyrrole nitrogens is 1. The highest BCUT2D eigenvalue weighted by Gasteiger charge is 2.18. The topological polar surface area (TPSA) is 35.2 Å². The molecule has 106 valence electrons.